The van der Waals surface area contributed by atoms with Gasteiger partial charge in [0.2, 0.25) is 0 Å². The molecule has 0 bridgehead atoms. The molecule has 0 atom stereocenters. The normalized spacial score (nSPS) is 15.0. The lowest BCUT2D eigenvalue weighted by molar-refractivity contribution is 0.122. The van der Waals surface area contributed by atoms with E-state index in [1.807, 2.05) is 36.5 Å². The molecule has 1 aliphatic rings. The van der Waals surface area contributed by atoms with Gasteiger partial charge in [-0.15, -0.1) is 0 Å². The summed E-state index contributed by atoms with van der Waals surface area (Å²) in [5.41, 5.74) is 3.78. The Labute approximate surface area is 150 Å². The summed E-state index contributed by atoms with van der Waals surface area (Å²) in [6, 6.07) is 11.7. The van der Waals surface area contributed by atoms with E-state index in [-0.39, 0.29) is 0 Å². The van der Waals surface area contributed by atoms with E-state index in [1.165, 1.54) is 0 Å². The Balaban J connectivity index is 1.74. The smallest absolute Gasteiger partial charge is 0.148 e. The van der Waals surface area contributed by atoms with Crippen LogP contribution in [0.3, 0.4) is 0 Å². The third kappa shape index (κ3) is 3.05. The van der Waals surface area contributed by atoms with Gasteiger partial charge in [0, 0.05) is 13.1 Å². The molecule has 0 aliphatic carbocycles. The number of benzene rings is 2. The highest BCUT2D eigenvalue weighted by Gasteiger charge is 2.13. The van der Waals surface area contributed by atoms with E-state index < -0.39 is 0 Å². The summed E-state index contributed by atoms with van der Waals surface area (Å²) in [6.07, 6.45) is 1.83. The van der Waals surface area contributed by atoms with E-state index in [1.54, 1.807) is 6.07 Å². The van der Waals surface area contributed by atoms with Gasteiger partial charge in [0.1, 0.15) is 5.82 Å². The van der Waals surface area contributed by atoms with E-state index in [0.717, 1.165) is 54.3 Å². The van der Waals surface area contributed by atoms with Crippen LogP contribution >= 0.6 is 23.2 Å². The second-order valence-corrected chi connectivity index (χ2v) is 6.47. The molecule has 1 aromatic heterocycles. The highest BCUT2D eigenvalue weighted by Crippen LogP contribution is 2.30. The first-order valence-electron chi connectivity index (χ1n) is 7.76. The monoisotopic (exact) mass is 359 g/mol. The van der Waals surface area contributed by atoms with Gasteiger partial charge in [-0.25, -0.2) is 4.98 Å². The molecule has 0 spiro atoms. The van der Waals surface area contributed by atoms with E-state index >= 15 is 0 Å². The van der Waals surface area contributed by atoms with Crippen LogP contribution in [0.5, 0.6) is 0 Å². The second-order valence-electron chi connectivity index (χ2n) is 5.66. The highest BCUT2D eigenvalue weighted by molar-refractivity contribution is 6.42. The van der Waals surface area contributed by atoms with Gasteiger partial charge < -0.3 is 9.64 Å². The molecule has 4 rings (SSSR count). The number of aromatic nitrogens is 2. The first-order valence-corrected chi connectivity index (χ1v) is 8.51. The third-order valence-corrected chi connectivity index (χ3v) is 4.86. The summed E-state index contributed by atoms with van der Waals surface area (Å²) < 4.78 is 5.39. The average Bonchev–Trinajstić information content (AvgIpc) is 2.64. The summed E-state index contributed by atoms with van der Waals surface area (Å²) in [7, 11) is 0. The van der Waals surface area contributed by atoms with Crippen LogP contribution in [0.1, 0.15) is 0 Å². The molecule has 1 fully saturated rings. The van der Waals surface area contributed by atoms with Gasteiger partial charge >= 0.3 is 0 Å². The molecule has 4 nitrogen and oxygen atoms in total. The number of nitrogens with zero attached hydrogens (tertiary/aromatic N) is 3. The second kappa shape index (κ2) is 6.55. The fourth-order valence-corrected chi connectivity index (χ4v) is 3.10. The van der Waals surface area contributed by atoms with Gasteiger partial charge in [0.05, 0.1) is 40.5 Å². The predicted octanol–water partition coefficient (Wildman–Crippen LogP) is 4.44. The van der Waals surface area contributed by atoms with Gasteiger partial charge in [-0.2, -0.15) is 0 Å². The number of halogens is 2. The first-order chi connectivity index (χ1) is 11.7. The van der Waals surface area contributed by atoms with E-state index in [2.05, 4.69) is 9.88 Å². The predicted molar refractivity (Wildman–Crippen MR) is 98.0 cm³/mol. The van der Waals surface area contributed by atoms with E-state index in [0.29, 0.717) is 10.0 Å². The molecule has 0 saturated carbocycles. The van der Waals surface area contributed by atoms with Gasteiger partial charge in [-0.05, 0) is 35.4 Å². The minimum absolute atomic E-state index is 0.544. The molecular weight excluding hydrogens is 345 g/mol. The molecule has 0 N–H and O–H groups in total. The number of rotatable bonds is 2. The SMILES string of the molecule is Clc1ccc(-c2ccc3ncc(N4CCOCC4)nc3c2)cc1Cl. The zero-order chi connectivity index (χ0) is 16.5. The maximum absolute atomic E-state index is 6.13. The van der Waals surface area contributed by atoms with Crippen LogP contribution in [0.15, 0.2) is 42.6 Å². The summed E-state index contributed by atoms with van der Waals surface area (Å²) >= 11 is 12.1. The molecule has 0 radical (unpaired) electrons. The van der Waals surface area contributed by atoms with Crippen LogP contribution in [0.4, 0.5) is 5.82 Å². The van der Waals surface area contributed by atoms with Crippen LogP contribution in [0, 0.1) is 0 Å². The number of hydrogen-bond acceptors (Lipinski definition) is 4. The number of fused-ring (bicyclic) bond motifs is 1. The van der Waals surface area contributed by atoms with Crippen LogP contribution in [-0.2, 0) is 4.74 Å². The number of ether oxygens (including phenoxy) is 1. The quantitative estimate of drug-likeness (QED) is 0.677. The number of anilines is 1. The van der Waals surface area contributed by atoms with Gasteiger partial charge in [-0.3, -0.25) is 4.98 Å². The largest absolute Gasteiger partial charge is 0.378 e. The molecule has 0 unspecified atom stereocenters. The van der Waals surface area contributed by atoms with Gasteiger partial charge in [0.25, 0.3) is 0 Å². The molecule has 1 saturated heterocycles. The molecule has 3 aromatic rings. The van der Waals surface area contributed by atoms with Crippen molar-refractivity contribution in [2.24, 2.45) is 0 Å². The molecule has 122 valence electrons. The molecule has 1 aliphatic heterocycles. The fourth-order valence-electron chi connectivity index (χ4n) is 2.80. The minimum atomic E-state index is 0.544. The zero-order valence-electron chi connectivity index (χ0n) is 12.9. The van der Waals surface area contributed by atoms with Crippen molar-refractivity contribution in [2.45, 2.75) is 0 Å². The van der Waals surface area contributed by atoms with E-state index in [4.69, 9.17) is 32.9 Å². The molecule has 2 heterocycles. The fraction of sp³-hybridized carbons (Fsp3) is 0.222. The standard InChI is InChI=1S/C18H15Cl2N3O/c19-14-3-1-12(9-15(14)20)13-2-4-16-17(10-13)22-18(11-21-16)23-5-7-24-8-6-23/h1-4,9-11H,5-8H2. The Morgan fingerprint density at radius 1 is 0.875 bits per heavy atom. The molecule has 6 heteroatoms. The van der Waals surface area contributed by atoms with Crippen LogP contribution < -0.4 is 4.90 Å². The summed E-state index contributed by atoms with van der Waals surface area (Å²) in [4.78, 5) is 11.5. The van der Waals surface area contributed by atoms with Crippen molar-refractivity contribution in [3.63, 3.8) is 0 Å². The molecule has 24 heavy (non-hydrogen) atoms. The minimum Gasteiger partial charge on any atom is -0.378 e. The lowest BCUT2D eigenvalue weighted by Gasteiger charge is -2.27. The van der Waals surface area contributed by atoms with Crippen LogP contribution in [0.25, 0.3) is 22.2 Å². The Bertz CT molecular complexity index is 895. The van der Waals surface area contributed by atoms with Crippen molar-refractivity contribution in [3.05, 3.63) is 52.6 Å². The molecule has 2 aromatic carbocycles. The topological polar surface area (TPSA) is 38.2 Å². The number of morpholine rings is 1. The Kier molecular flexibility index (Phi) is 4.27. The lowest BCUT2D eigenvalue weighted by atomic mass is 10.1. The maximum Gasteiger partial charge on any atom is 0.148 e. The average molecular weight is 360 g/mol. The summed E-state index contributed by atoms with van der Waals surface area (Å²) in [5.74, 6) is 0.886. The van der Waals surface area contributed by atoms with Crippen molar-refractivity contribution in [1.29, 1.82) is 0 Å². The van der Waals surface area contributed by atoms with Gasteiger partial charge in [0.15, 0.2) is 0 Å². The number of hydrogen-bond donors (Lipinski definition) is 0. The molecule has 0 amide bonds. The Morgan fingerprint density at radius 3 is 2.42 bits per heavy atom. The van der Waals surface area contributed by atoms with Crippen molar-refractivity contribution in [3.8, 4) is 11.1 Å². The molecular formula is C18H15Cl2N3O. The van der Waals surface area contributed by atoms with Crippen molar-refractivity contribution >= 4 is 40.1 Å². The highest BCUT2D eigenvalue weighted by atomic mass is 35.5. The Hall–Kier alpha value is -1.88. The van der Waals surface area contributed by atoms with E-state index in [9.17, 15) is 0 Å². The van der Waals surface area contributed by atoms with Crippen molar-refractivity contribution in [1.82, 2.24) is 9.97 Å². The van der Waals surface area contributed by atoms with Gasteiger partial charge in [-0.1, -0.05) is 35.3 Å². The lowest BCUT2D eigenvalue weighted by Crippen LogP contribution is -2.36. The maximum atomic E-state index is 6.13. The summed E-state index contributed by atoms with van der Waals surface area (Å²) in [5, 5.41) is 1.10. The third-order valence-electron chi connectivity index (χ3n) is 4.12. The van der Waals surface area contributed by atoms with Crippen LogP contribution in [0.2, 0.25) is 10.0 Å². The zero-order valence-corrected chi connectivity index (χ0v) is 14.4. The summed E-state index contributed by atoms with van der Waals surface area (Å²) in [6.45, 7) is 3.13. The first kappa shape index (κ1) is 15.6. The Morgan fingerprint density at radius 2 is 1.62 bits per heavy atom. The van der Waals surface area contributed by atoms with Crippen molar-refractivity contribution in [2.75, 3.05) is 31.2 Å². The van der Waals surface area contributed by atoms with Crippen molar-refractivity contribution < 1.29 is 4.74 Å². The van der Waals surface area contributed by atoms with Crippen LogP contribution in [-0.4, -0.2) is 36.3 Å².